The standard InChI is InChI=1S/C15H26N2O3/c1-2-12(8-10-6-7-10)17-15(20)16-9-11-4-3-5-13(11)14(18)19/h10-13H,2-9H2,1H3,(H,18,19)(H2,16,17,20). The molecular formula is C15H26N2O3. The minimum absolute atomic E-state index is 0.0850. The molecule has 0 heterocycles. The van der Waals surface area contributed by atoms with Gasteiger partial charge in [-0.15, -0.1) is 0 Å². The van der Waals surface area contributed by atoms with Crippen molar-refractivity contribution < 1.29 is 14.7 Å². The summed E-state index contributed by atoms with van der Waals surface area (Å²) in [4.78, 5) is 23.0. The Morgan fingerprint density at radius 1 is 1.25 bits per heavy atom. The van der Waals surface area contributed by atoms with Crippen LogP contribution in [0.5, 0.6) is 0 Å². The van der Waals surface area contributed by atoms with Gasteiger partial charge in [-0.3, -0.25) is 4.79 Å². The number of nitrogens with one attached hydrogen (secondary N) is 2. The molecule has 2 aliphatic carbocycles. The van der Waals surface area contributed by atoms with Crippen molar-refractivity contribution in [3.63, 3.8) is 0 Å². The number of rotatable bonds is 7. The molecule has 5 heteroatoms. The number of urea groups is 1. The second-order valence-corrected chi connectivity index (χ2v) is 6.27. The van der Waals surface area contributed by atoms with Crippen molar-refractivity contribution in [2.75, 3.05) is 6.54 Å². The van der Waals surface area contributed by atoms with E-state index in [2.05, 4.69) is 17.6 Å². The molecular weight excluding hydrogens is 256 g/mol. The van der Waals surface area contributed by atoms with Gasteiger partial charge in [-0.05, 0) is 37.5 Å². The molecule has 5 nitrogen and oxygen atoms in total. The zero-order chi connectivity index (χ0) is 14.5. The molecule has 2 fully saturated rings. The van der Waals surface area contributed by atoms with Gasteiger partial charge >= 0.3 is 12.0 Å². The topological polar surface area (TPSA) is 78.4 Å². The molecule has 0 aromatic carbocycles. The van der Waals surface area contributed by atoms with E-state index >= 15 is 0 Å². The molecule has 0 radical (unpaired) electrons. The van der Waals surface area contributed by atoms with Gasteiger partial charge in [0.15, 0.2) is 0 Å². The quantitative estimate of drug-likeness (QED) is 0.670. The van der Waals surface area contributed by atoms with E-state index in [9.17, 15) is 9.59 Å². The van der Waals surface area contributed by atoms with Gasteiger partial charge in [-0.2, -0.15) is 0 Å². The van der Waals surface area contributed by atoms with E-state index < -0.39 is 5.97 Å². The fraction of sp³-hybridized carbons (Fsp3) is 0.867. The lowest BCUT2D eigenvalue weighted by Gasteiger charge is -2.20. The number of amides is 2. The van der Waals surface area contributed by atoms with Crippen LogP contribution >= 0.6 is 0 Å². The van der Waals surface area contributed by atoms with E-state index in [1.165, 1.54) is 12.8 Å². The highest BCUT2D eigenvalue weighted by Crippen LogP contribution is 2.34. The Bertz CT molecular complexity index is 355. The summed E-state index contributed by atoms with van der Waals surface area (Å²) >= 11 is 0. The van der Waals surface area contributed by atoms with Gasteiger partial charge in [0.1, 0.15) is 0 Å². The number of carboxylic acid groups (broad SMARTS) is 1. The van der Waals surface area contributed by atoms with Crippen LogP contribution in [-0.2, 0) is 4.79 Å². The molecule has 3 atom stereocenters. The first-order valence-electron chi connectivity index (χ1n) is 7.87. The van der Waals surface area contributed by atoms with E-state index in [1.807, 2.05) is 0 Å². The van der Waals surface area contributed by atoms with Crippen molar-refractivity contribution in [3.8, 4) is 0 Å². The Balaban J connectivity index is 1.69. The predicted molar refractivity (Wildman–Crippen MR) is 76.4 cm³/mol. The summed E-state index contributed by atoms with van der Waals surface area (Å²) in [5.41, 5.74) is 0. The van der Waals surface area contributed by atoms with Crippen LogP contribution in [0.4, 0.5) is 4.79 Å². The Labute approximate surface area is 120 Å². The summed E-state index contributed by atoms with van der Waals surface area (Å²) in [5, 5.41) is 15.0. The molecule has 114 valence electrons. The molecule has 0 saturated heterocycles. The number of aliphatic carboxylic acids is 1. The third kappa shape index (κ3) is 4.39. The summed E-state index contributed by atoms with van der Waals surface area (Å²) in [7, 11) is 0. The first-order valence-corrected chi connectivity index (χ1v) is 7.87. The zero-order valence-corrected chi connectivity index (χ0v) is 12.2. The fourth-order valence-electron chi connectivity index (χ4n) is 3.15. The number of carbonyl (C=O) groups is 2. The summed E-state index contributed by atoms with van der Waals surface area (Å²) in [6.45, 7) is 2.56. The largest absolute Gasteiger partial charge is 0.481 e. The van der Waals surface area contributed by atoms with Crippen molar-refractivity contribution in [2.45, 2.75) is 57.9 Å². The first-order chi connectivity index (χ1) is 9.60. The molecule has 0 aliphatic heterocycles. The van der Waals surface area contributed by atoms with E-state index in [4.69, 9.17) is 5.11 Å². The second kappa shape index (κ2) is 6.95. The van der Waals surface area contributed by atoms with Crippen molar-refractivity contribution in [1.82, 2.24) is 10.6 Å². The van der Waals surface area contributed by atoms with Crippen LogP contribution in [0.25, 0.3) is 0 Å². The van der Waals surface area contributed by atoms with Crippen molar-refractivity contribution >= 4 is 12.0 Å². The van der Waals surface area contributed by atoms with Gasteiger partial charge in [-0.1, -0.05) is 26.2 Å². The van der Waals surface area contributed by atoms with Gasteiger partial charge in [0.05, 0.1) is 5.92 Å². The predicted octanol–water partition coefficient (Wildman–Crippen LogP) is 2.37. The fourth-order valence-corrected chi connectivity index (χ4v) is 3.15. The molecule has 2 saturated carbocycles. The molecule has 0 aromatic rings. The number of carboxylic acids is 1. The lowest BCUT2D eigenvalue weighted by atomic mass is 9.96. The zero-order valence-electron chi connectivity index (χ0n) is 12.2. The van der Waals surface area contributed by atoms with E-state index in [0.717, 1.165) is 38.0 Å². The Morgan fingerprint density at radius 2 is 2.00 bits per heavy atom. The molecule has 20 heavy (non-hydrogen) atoms. The van der Waals surface area contributed by atoms with Crippen LogP contribution in [-0.4, -0.2) is 29.7 Å². The SMILES string of the molecule is CCC(CC1CC1)NC(=O)NCC1CCCC1C(=O)O. The highest BCUT2D eigenvalue weighted by Gasteiger charge is 2.33. The van der Waals surface area contributed by atoms with Gasteiger partial charge in [0, 0.05) is 12.6 Å². The highest BCUT2D eigenvalue weighted by molar-refractivity contribution is 5.74. The number of hydrogen-bond acceptors (Lipinski definition) is 2. The highest BCUT2D eigenvalue weighted by atomic mass is 16.4. The summed E-state index contributed by atoms with van der Waals surface area (Å²) in [6.07, 6.45) is 7.20. The molecule has 3 unspecified atom stereocenters. The van der Waals surface area contributed by atoms with Crippen LogP contribution in [0.2, 0.25) is 0 Å². The molecule has 0 aromatic heterocycles. The van der Waals surface area contributed by atoms with Crippen molar-refractivity contribution in [3.05, 3.63) is 0 Å². The molecule has 2 aliphatic rings. The first kappa shape index (κ1) is 15.1. The molecule has 3 N–H and O–H groups in total. The lowest BCUT2D eigenvalue weighted by Crippen LogP contribution is -2.44. The minimum atomic E-state index is -0.727. The molecule has 0 bridgehead atoms. The lowest BCUT2D eigenvalue weighted by molar-refractivity contribution is -0.142. The van der Waals surface area contributed by atoms with Crippen LogP contribution in [0.3, 0.4) is 0 Å². The van der Waals surface area contributed by atoms with E-state index in [1.54, 1.807) is 0 Å². The van der Waals surface area contributed by atoms with Crippen molar-refractivity contribution in [2.24, 2.45) is 17.8 Å². The van der Waals surface area contributed by atoms with Crippen LogP contribution in [0, 0.1) is 17.8 Å². The third-order valence-corrected chi connectivity index (χ3v) is 4.64. The average molecular weight is 282 g/mol. The monoisotopic (exact) mass is 282 g/mol. The van der Waals surface area contributed by atoms with Gasteiger partial charge < -0.3 is 15.7 Å². The van der Waals surface area contributed by atoms with E-state index in [0.29, 0.717) is 6.54 Å². The normalized spacial score (nSPS) is 27.1. The molecule has 0 spiro atoms. The second-order valence-electron chi connectivity index (χ2n) is 6.27. The minimum Gasteiger partial charge on any atom is -0.481 e. The third-order valence-electron chi connectivity index (χ3n) is 4.64. The molecule has 2 amide bonds. The number of carbonyl (C=O) groups excluding carboxylic acids is 1. The van der Waals surface area contributed by atoms with Crippen molar-refractivity contribution in [1.29, 1.82) is 0 Å². The Morgan fingerprint density at radius 3 is 2.60 bits per heavy atom. The maximum Gasteiger partial charge on any atom is 0.315 e. The number of hydrogen-bond donors (Lipinski definition) is 3. The Kier molecular flexibility index (Phi) is 5.26. The van der Waals surface area contributed by atoms with Gasteiger partial charge in [0.2, 0.25) is 0 Å². The maximum atomic E-state index is 11.9. The van der Waals surface area contributed by atoms with Gasteiger partial charge in [-0.25, -0.2) is 4.79 Å². The van der Waals surface area contributed by atoms with Crippen LogP contribution in [0.1, 0.15) is 51.9 Å². The molecule has 2 rings (SSSR count). The van der Waals surface area contributed by atoms with E-state index in [-0.39, 0.29) is 23.9 Å². The summed E-state index contributed by atoms with van der Waals surface area (Å²) in [5.74, 6) is -0.133. The maximum absolute atomic E-state index is 11.9. The van der Waals surface area contributed by atoms with Crippen LogP contribution < -0.4 is 10.6 Å². The van der Waals surface area contributed by atoms with Crippen LogP contribution in [0.15, 0.2) is 0 Å². The van der Waals surface area contributed by atoms with Gasteiger partial charge in [0.25, 0.3) is 0 Å². The summed E-state index contributed by atoms with van der Waals surface area (Å²) < 4.78 is 0. The average Bonchev–Trinajstić information content (AvgIpc) is 3.09. The smallest absolute Gasteiger partial charge is 0.315 e. The summed E-state index contributed by atoms with van der Waals surface area (Å²) in [6, 6.07) is 0.106. The Hall–Kier alpha value is -1.26.